The van der Waals surface area contributed by atoms with Gasteiger partial charge >= 0.3 is 5.97 Å². The van der Waals surface area contributed by atoms with Crippen LogP contribution in [0.2, 0.25) is 0 Å². The summed E-state index contributed by atoms with van der Waals surface area (Å²) < 4.78 is 10.1. The molecule has 27 heavy (non-hydrogen) atoms. The largest absolute Gasteiger partial charge is 0.495 e. The Bertz CT molecular complexity index is 942. The van der Waals surface area contributed by atoms with Crippen LogP contribution in [0.25, 0.3) is 0 Å². The van der Waals surface area contributed by atoms with Gasteiger partial charge in [-0.3, -0.25) is 0 Å². The third kappa shape index (κ3) is 4.52. The van der Waals surface area contributed by atoms with Gasteiger partial charge in [-0.2, -0.15) is 0 Å². The molecule has 0 aliphatic carbocycles. The highest BCUT2D eigenvalue weighted by Gasteiger charge is 2.07. The van der Waals surface area contributed by atoms with Gasteiger partial charge < -0.3 is 20.1 Å². The highest BCUT2D eigenvalue weighted by molar-refractivity contribution is 5.89. The molecule has 0 unspecified atom stereocenters. The molecule has 7 nitrogen and oxygen atoms in total. The second-order valence-corrected chi connectivity index (χ2v) is 5.81. The van der Waals surface area contributed by atoms with Crippen molar-refractivity contribution in [1.82, 2.24) is 9.97 Å². The lowest BCUT2D eigenvalue weighted by Crippen LogP contribution is -2.02. The molecule has 7 heteroatoms. The van der Waals surface area contributed by atoms with E-state index in [-0.39, 0.29) is 5.97 Å². The van der Waals surface area contributed by atoms with E-state index < -0.39 is 0 Å². The summed E-state index contributed by atoms with van der Waals surface area (Å²) in [6, 6.07) is 14.6. The fourth-order valence-electron chi connectivity index (χ4n) is 2.51. The molecule has 0 bridgehead atoms. The zero-order valence-corrected chi connectivity index (χ0v) is 15.3. The van der Waals surface area contributed by atoms with Gasteiger partial charge in [0.15, 0.2) is 0 Å². The molecule has 2 N–H and O–H groups in total. The molecule has 0 fully saturated rings. The minimum Gasteiger partial charge on any atom is -0.495 e. The fourth-order valence-corrected chi connectivity index (χ4v) is 2.51. The summed E-state index contributed by atoms with van der Waals surface area (Å²) >= 11 is 0. The molecule has 1 aromatic heterocycles. The summed E-state index contributed by atoms with van der Waals surface area (Å²) in [6.07, 6.45) is 1.47. The van der Waals surface area contributed by atoms with Gasteiger partial charge in [0.2, 0.25) is 0 Å². The third-order valence-electron chi connectivity index (χ3n) is 3.86. The van der Waals surface area contributed by atoms with Crippen molar-refractivity contribution in [3.63, 3.8) is 0 Å². The molecule has 2 aromatic carbocycles. The average molecular weight is 364 g/mol. The van der Waals surface area contributed by atoms with E-state index in [9.17, 15) is 4.79 Å². The van der Waals surface area contributed by atoms with E-state index >= 15 is 0 Å². The number of aryl methyl sites for hydroxylation is 1. The van der Waals surface area contributed by atoms with Crippen molar-refractivity contribution >= 4 is 29.0 Å². The highest BCUT2D eigenvalue weighted by Crippen LogP contribution is 2.28. The maximum atomic E-state index is 11.5. The summed E-state index contributed by atoms with van der Waals surface area (Å²) in [5, 5.41) is 6.42. The number of aromatic nitrogens is 2. The first-order valence-corrected chi connectivity index (χ1v) is 8.28. The average Bonchev–Trinajstić information content (AvgIpc) is 2.68. The number of rotatable bonds is 6. The molecular weight excluding hydrogens is 344 g/mol. The molecule has 138 valence electrons. The number of nitrogens with one attached hydrogen (secondary N) is 2. The van der Waals surface area contributed by atoms with Crippen LogP contribution in [-0.4, -0.2) is 30.2 Å². The van der Waals surface area contributed by atoms with Crippen molar-refractivity contribution < 1.29 is 14.3 Å². The number of hydrogen-bond donors (Lipinski definition) is 2. The van der Waals surface area contributed by atoms with E-state index in [1.165, 1.54) is 13.4 Å². The second kappa shape index (κ2) is 8.18. The van der Waals surface area contributed by atoms with Crippen molar-refractivity contribution in [2.45, 2.75) is 6.92 Å². The van der Waals surface area contributed by atoms with Crippen LogP contribution in [0.3, 0.4) is 0 Å². The van der Waals surface area contributed by atoms with Gasteiger partial charge in [-0.05, 0) is 48.9 Å². The van der Waals surface area contributed by atoms with Gasteiger partial charge in [0, 0.05) is 11.8 Å². The van der Waals surface area contributed by atoms with E-state index in [1.807, 2.05) is 25.1 Å². The van der Waals surface area contributed by atoms with Crippen LogP contribution < -0.4 is 15.4 Å². The van der Waals surface area contributed by atoms with Gasteiger partial charge in [-0.15, -0.1) is 0 Å². The first kappa shape index (κ1) is 18.2. The van der Waals surface area contributed by atoms with Gasteiger partial charge in [0.25, 0.3) is 0 Å². The maximum absolute atomic E-state index is 11.5. The lowest BCUT2D eigenvalue weighted by Gasteiger charge is -2.12. The van der Waals surface area contributed by atoms with Gasteiger partial charge in [0.05, 0.1) is 25.5 Å². The lowest BCUT2D eigenvalue weighted by molar-refractivity contribution is 0.0601. The van der Waals surface area contributed by atoms with E-state index in [4.69, 9.17) is 9.47 Å². The number of ether oxygens (including phenoxy) is 2. The maximum Gasteiger partial charge on any atom is 0.337 e. The Morgan fingerprint density at radius 3 is 2.30 bits per heavy atom. The van der Waals surface area contributed by atoms with E-state index in [0.717, 1.165) is 22.7 Å². The molecular formula is C20H20N4O3. The molecule has 1 heterocycles. The zero-order chi connectivity index (χ0) is 19.2. The summed E-state index contributed by atoms with van der Waals surface area (Å²) in [5.74, 6) is 1.60. The Morgan fingerprint density at radius 1 is 0.926 bits per heavy atom. The summed E-state index contributed by atoms with van der Waals surface area (Å²) in [6.45, 7) is 2.01. The van der Waals surface area contributed by atoms with Crippen molar-refractivity contribution in [2.24, 2.45) is 0 Å². The fraction of sp³-hybridized carbons (Fsp3) is 0.150. The first-order valence-electron chi connectivity index (χ1n) is 8.28. The predicted octanol–water partition coefficient (Wildman–Crippen LogP) is 4.07. The molecule has 3 aromatic rings. The number of carbonyl (C=O) groups is 1. The Hall–Kier alpha value is -3.61. The molecule has 0 saturated heterocycles. The van der Waals surface area contributed by atoms with Crippen molar-refractivity contribution in [1.29, 1.82) is 0 Å². The number of anilines is 4. The summed E-state index contributed by atoms with van der Waals surface area (Å²) in [4.78, 5) is 20.0. The predicted molar refractivity (Wildman–Crippen MR) is 104 cm³/mol. The molecule has 0 radical (unpaired) electrons. The Labute approximate surface area is 157 Å². The Balaban J connectivity index is 1.76. The van der Waals surface area contributed by atoms with E-state index in [0.29, 0.717) is 17.2 Å². The van der Waals surface area contributed by atoms with Crippen molar-refractivity contribution in [3.8, 4) is 5.75 Å². The zero-order valence-electron chi connectivity index (χ0n) is 15.3. The molecule has 0 amide bonds. The number of carbonyl (C=O) groups excluding carboxylic acids is 1. The molecule has 0 atom stereocenters. The minimum absolute atomic E-state index is 0.373. The Kier molecular flexibility index (Phi) is 5.51. The number of benzene rings is 2. The molecule has 0 aliphatic heterocycles. The standard InChI is InChI=1S/C20H20N4O3/c1-13-4-9-17(26-2)16(10-13)24-19-11-18(21-12-22-19)23-15-7-5-14(6-8-15)20(25)27-3/h4-12H,1-3H3,(H2,21,22,23,24). The van der Waals surface area contributed by atoms with Crippen LogP contribution in [0.1, 0.15) is 15.9 Å². The highest BCUT2D eigenvalue weighted by atomic mass is 16.5. The molecule has 3 rings (SSSR count). The van der Waals surface area contributed by atoms with E-state index in [1.54, 1.807) is 37.4 Å². The van der Waals surface area contributed by atoms with Gasteiger partial charge in [-0.1, -0.05) is 6.07 Å². The first-order chi connectivity index (χ1) is 13.1. The number of esters is 1. The normalized spacial score (nSPS) is 10.2. The monoisotopic (exact) mass is 364 g/mol. The molecule has 0 spiro atoms. The van der Waals surface area contributed by atoms with Gasteiger partial charge in [-0.25, -0.2) is 14.8 Å². The summed E-state index contributed by atoms with van der Waals surface area (Å²) in [7, 11) is 2.98. The van der Waals surface area contributed by atoms with Crippen LogP contribution >= 0.6 is 0 Å². The minimum atomic E-state index is -0.373. The number of hydrogen-bond acceptors (Lipinski definition) is 7. The Morgan fingerprint density at radius 2 is 1.63 bits per heavy atom. The number of nitrogens with zero attached hydrogens (tertiary/aromatic N) is 2. The SMILES string of the molecule is COC(=O)c1ccc(Nc2cc(Nc3cc(C)ccc3OC)ncn2)cc1. The molecule has 0 saturated carbocycles. The van der Waals surface area contributed by atoms with Crippen LogP contribution in [0.5, 0.6) is 5.75 Å². The smallest absolute Gasteiger partial charge is 0.337 e. The number of methoxy groups -OCH3 is 2. The van der Waals surface area contributed by atoms with Gasteiger partial charge in [0.1, 0.15) is 23.7 Å². The third-order valence-corrected chi connectivity index (χ3v) is 3.86. The van der Waals surface area contributed by atoms with Crippen LogP contribution in [0, 0.1) is 6.92 Å². The second-order valence-electron chi connectivity index (χ2n) is 5.81. The molecule has 0 aliphatic rings. The quantitative estimate of drug-likeness (QED) is 0.638. The van der Waals surface area contributed by atoms with Crippen LogP contribution in [0.4, 0.5) is 23.0 Å². The lowest BCUT2D eigenvalue weighted by atomic mass is 10.2. The summed E-state index contributed by atoms with van der Waals surface area (Å²) in [5.41, 5.74) is 3.21. The van der Waals surface area contributed by atoms with Crippen LogP contribution in [-0.2, 0) is 4.74 Å². The van der Waals surface area contributed by atoms with Crippen molar-refractivity contribution in [2.75, 3.05) is 24.9 Å². The van der Waals surface area contributed by atoms with E-state index in [2.05, 4.69) is 20.6 Å². The van der Waals surface area contributed by atoms with Crippen molar-refractivity contribution in [3.05, 3.63) is 66.0 Å². The van der Waals surface area contributed by atoms with Crippen LogP contribution in [0.15, 0.2) is 54.9 Å². The topological polar surface area (TPSA) is 85.4 Å².